The predicted octanol–water partition coefficient (Wildman–Crippen LogP) is 2.38. The third-order valence-electron chi connectivity index (χ3n) is 2.16. The van der Waals surface area contributed by atoms with E-state index in [1.54, 1.807) is 13.0 Å². The first-order chi connectivity index (χ1) is 7.45. The molecule has 1 rings (SSSR count). The van der Waals surface area contributed by atoms with Crippen LogP contribution in [0.4, 0.5) is 5.69 Å². The lowest BCUT2D eigenvalue weighted by atomic mass is 10.1. The molecule has 0 aliphatic heterocycles. The van der Waals surface area contributed by atoms with Crippen molar-refractivity contribution in [2.75, 3.05) is 7.11 Å². The van der Waals surface area contributed by atoms with Gasteiger partial charge >= 0.3 is 5.97 Å². The molecule has 0 bridgehead atoms. The van der Waals surface area contributed by atoms with Gasteiger partial charge in [-0.15, -0.1) is 0 Å². The lowest BCUT2D eigenvalue weighted by Gasteiger charge is -2.05. The maximum Gasteiger partial charge on any atom is 0.309 e. The fourth-order valence-corrected chi connectivity index (χ4v) is 1.87. The fraction of sp³-hybridized carbons (Fsp3) is 0.300. The van der Waals surface area contributed by atoms with Crippen LogP contribution in [-0.4, -0.2) is 18.0 Å². The molecule has 1 aromatic carbocycles. The van der Waals surface area contributed by atoms with Gasteiger partial charge < -0.3 is 4.74 Å². The smallest absolute Gasteiger partial charge is 0.309 e. The molecule has 16 heavy (non-hydrogen) atoms. The average Bonchev–Trinajstić information content (AvgIpc) is 2.21. The third-order valence-corrected chi connectivity index (χ3v) is 2.80. The lowest BCUT2D eigenvalue weighted by molar-refractivity contribution is -0.385. The van der Waals surface area contributed by atoms with Crippen molar-refractivity contribution < 1.29 is 14.5 Å². The van der Waals surface area contributed by atoms with Gasteiger partial charge in [0.1, 0.15) is 0 Å². The predicted molar refractivity (Wildman–Crippen MR) is 61.3 cm³/mol. The normalized spacial score (nSPS) is 9.94. The molecule has 1 aromatic rings. The van der Waals surface area contributed by atoms with Crippen LogP contribution in [0.25, 0.3) is 0 Å². The zero-order chi connectivity index (χ0) is 12.3. The summed E-state index contributed by atoms with van der Waals surface area (Å²) in [4.78, 5) is 21.3. The summed E-state index contributed by atoms with van der Waals surface area (Å²) in [6.07, 6.45) is 0.0381. The highest BCUT2D eigenvalue weighted by Gasteiger charge is 2.16. The Balaban J connectivity index is 3.14. The average molecular weight is 288 g/mol. The summed E-state index contributed by atoms with van der Waals surface area (Å²) in [6, 6.07) is 3.01. The summed E-state index contributed by atoms with van der Waals surface area (Å²) in [5.41, 5.74) is 1.36. The van der Waals surface area contributed by atoms with E-state index < -0.39 is 10.9 Å². The Morgan fingerprint density at radius 1 is 1.56 bits per heavy atom. The van der Waals surface area contributed by atoms with Crippen LogP contribution in [0.2, 0.25) is 0 Å². The van der Waals surface area contributed by atoms with Gasteiger partial charge in [-0.05, 0) is 40.0 Å². The number of ether oxygens (including phenoxy) is 1. The van der Waals surface area contributed by atoms with Gasteiger partial charge in [0.15, 0.2) is 0 Å². The first-order valence-corrected chi connectivity index (χ1v) is 5.25. The van der Waals surface area contributed by atoms with Crippen molar-refractivity contribution in [1.29, 1.82) is 0 Å². The van der Waals surface area contributed by atoms with Crippen molar-refractivity contribution in [1.82, 2.24) is 0 Å². The molecule has 0 aliphatic carbocycles. The number of nitrogens with zero attached hydrogens (tertiary/aromatic N) is 1. The van der Waals surface area contributed by atoms with Gasteiger partial charge in [-0.2, -0.15) is 0 Å². The van der Waals surface area contributed by atoms with Crippen molar-refractivity contribution >= 4 is 27.6 Å². The SMILES string of the molecule is COC(=O)Cc1cc([N+](=O)[O-])c(Br)cc1C. The highest BCUT2D eigenvalue weighted by Crippen LogP contribution is 2.28. The Hall–Kier alpha value is -1.43. The van der Waals surface area contributed by atoms with Crippen LogP contribution in [0.3, 0.4) is 0 Å². The van der Waals surface area contributed by atoms with Crippen LogP contribution in [0.15, 0.2) is 16.6 Å². The van der Waals surface area contributed by atoms with E-state index in [1.165, 1.54) is 13.2 Å². The van der Waals surface area contributed by atoms with Gasteiger partial charge in [0.2, 0.25) is 0 Å². The minimum absolute atomic E-state index is 0.0381. The van der Waals surface area contributed by atoms with Gasteiger partial charge in [-0.3, -0.25) is 14.9 Å². The number of carbonyl (C=O) groups is 1. The largest absolute Gasteiger partial charge is 0.469 e. The van der Waals surface area contributed by atoms with E-state index in [0.717, 1.165) is 5.56 Å². The van der Waals surface area contributed by atoms with Crippen LogP contribution in [0.1, 0.15) is 11.1 Å². The van der Waals surface area contributed by atoms with Crippen molar-refractivity contribution in [3.05, 3.63) is 37.8 Å². The van der Waals surface area contributed by atoms with Crippen molar-refractivity contribution in [2.24, 2.45) is 0 Å². The number of methoxy groups -OCH3 is 1. The van der Waals surface area contributed by atoms with E-state index in [2.05, 4.69) is 20.7 Å². The summed E-state index contributed by atoms with van der Waals surface area (Å²) < 4.78 is 4.93. The molecule has 0 heterocycles. The number of halogens is 1. The summed E-state index contributed by atoms with van der Waals surface area (Å²) in [5, 5.41) is 10.7. The van der Waals surface area contributed by atoms with E-state index in [1.807, 2.05) is 0 Å². The molecule has 0 amide bonds. The standard InChI is InChI=1S/C10H10BrNO4/c1-6-3-8(11)9(12(14)15)4-7(6)5-10(13)16-2/h3-4H,5H2,1-2H3. The molecule has 0 atom stereocenters. The second-order valence-corrected chi connectivity index (χ2v) is 4.09. The van der Waals surface area contributed by atoms with Crippen LogP contribution >= 0.6 is 15.9 Å². The molecule has 0 unspecified atom stereocenters. The van der Waals surface area contributed by atoms with Crippen LogP contribution in [0, 0.1) is 17.0 Å². The summed E-state index contributed by atoms with van der Waals surface area (Å²) in [6.45, 7) is 1.78. The maximum atomic E-state index is 11.1. The summed E-state index contributed by atoms with van der Waals surface area (Å²) in [5.74, 6) is -0.417. The molecule has 5 nitrogen and oxygen atoms in total. The van der Waals surface area contributed by atoms with Crippen LogP contribution in [-0.2, 0) is 16.0 Å². The first-order valence-electron chi connectivity index (χ1n) is 4.46. The molecule has 6 heteroatoms. The van der Waals surface area contributed by atoms with E-state index >= 15 is 0 Å². The lowest BCUT2D eigenvalue weighted by Crippen LogP contribution is -2.06. The molecular weight excluding hydrogens is 278 g/mol. The molecule has 86 valence electrons. The molecule has 0 fully saturated rings. The molecule has 0 aliphatic rings. The monoisotopic (exact) mass is 287 g/mol. The van der Waals surface area contributed by atoms with Gasteiger partial charge in [-0.25, -0.2) is 0 Å². The third kappa shape index (κ3) is 2.79. The summed E-state index contributed by atoms with van der Waals surface area (Å²) in [7, 11) is 1.28. The highest BCUT2D eigenvalue weighted by atomic mass is 79.9. The number of carbonyl (C=O) groups excluding carboxylic acids is 1. The maximum absolute atomic E-state index is 11.1. The van der Waals surface area contributed by atoms with Gasteiger partial charge in [0.05, 0.1) is 22.9 Å². The number of nitro groups is 1. The second kappa shape index (κ2) is 5.07. The number of nitro benzene ring substituents is 1. The molecule has 0 aromatic heterocycles. The second-order valence-electron chi connectivity index (χ2n) is 3.24. The minimum Gasteiger partial charge on any atom is -0.469 e. The Labute approximate surface area is 101 Å². The van der Waals surface area contributed by atoms with Crippen molar-refractivity contribution in [3.8, 4) is 0 Å². The quantitative estimate of drug-likeness (QED) is 0.486. The van der Waals surface area contributed by atoms with E-state index in [-0.39, 0.29) is 12.1 Å². The topological polar surface area (TPSA) is 69.4 Å². The zero-order valence-corrected chi connectivity index (χ0v) is 10.4. The minimum atomic E-state index is -0.496. The molecular formula is C10H10BrNO4. The Morgan fingerprint density at radius 3 is 2.69 bits per heavy atom. The zero-order valence-electron chi connectivity index (χ0n) is 8.82. The van der Waals surface area contributed by atoms with E-state index in [4.69, 9.17) is 0 Å². The summed E-state index contributed by atoms with van der Waals surface area (Å²) >= 11 is 3.11. The molecule has 0 radical (unpaired) electrons. The molecule has 0 saturated carbocycles. The van der Waals surface area contributed by atoms with E-state index in [0.29, 0.717) is 10.0 Å². The number of esters is 1. The number of hydrogen-bond donors (Lipinski definition) is 0. The molecule has 0 saturated heterocycles. The van der Waals surface area contributed by atoms with E-state index in [9.17, 15) is 14.9 Å². The van der Waals surface area contributed by atoms with Gasteiger partial charge in [-0.1, -0.05) is 0 Å². The number of rotatable bonds is 3. The fourth-order valence-electron chi connectivity index (χ4n) is 1.26. The van der Waals surface area contributed by atoms with Crippen molar-refractivity contribution in [3.63, 3.8) is 0 Å². The van der Waals surface area contributed by atoms with Crippen molar-refractivity contribution in [2.45, 2.75) is 13.3 Å². The first kappa shape index (κ1) is 12.6. The van der Waals surface area contributed by atoms with Crippen LogP contribution in [0.5, 0.6) is 0 Å². The Morgan fingerprint density at radius 2 is 2.19 bits per heavy atom. The molecule has 0 spiro atoms. The number of hydrogen-bond acceptors (Lipinski definition) is 4. The van der Waals surface area contributed by atoms with Crippen LogP contribution < -0.4 is 0 Å². The Bertz CT molecular complexity index is 445. The molecule has 0 N–H and O–H groups in total. The van der Waals surface area contributed by atoms with Gasteiger partial charge in [0, 0.05) is 6.07 Å². The number of benzene rings is 1. The highest BCUT2D eigenvalue weighted by molar-refractivity contribution is 9.10. The number of aryl methyl sites for hydroxylation is 1. The Kier molecular flexibility index (Phi) is 4.00. The van der Waals surface area contributed by atoms with Gasteiger partial charge in [0.25, 0.3) is 5.69 Å².